The van der Waals surface area contributed by atoms with Gasteiger partial charge in [0.25, 0.3) is 5.91 Å². The molecule has 0 fully saturated rings. The summed E-state index contributed by atoms with van der Waals surface area (Å²) < 4.78 is 0. The van der Waals surface area contributed by atoms with E-state index in [0.29, 0.717) is 17.7 Å². The van der Waals surface area contributed by atoms with E-state index in [1.165, 1.54) is 6.42 Å². The van der Waals surface area contributed by atoms with Crippen molar-refractivity contribution in [1.29, 1.82) is 5.26 Å². The molecule has 1 aliphatic rings. The summed E-state index contributed by atoms with van der Waals surface area (Å²) in [6.07, 6.45) is 4.74. The first kappa shape index (κ1) is 25.4. The van der Waals surface area contributed by atoms with Gasteiger partial charge in [0.15, 0.2) is 0 Å². The van der Waals surface area contributed by atoms with Gasteiger partial charge in [-0.05, 0) is 47.2 Å². The SMILES string of the molecule is CCC.CCSc1ccc(CNC(=O)c2cnc3c(c2)CN(Cc2ccc(C#N)cc2)C3)nc1. The maximum atomic E-state index is 12.6. The molecule has 2 aromatic heterocycles. The lowest BCUT2D eigenvalue weighted by Crippen LogP contribution is -2.23. The third-order valence-electron chi connectivity index (χ3n) is 5.12. The van der Waals surface area contributed by atoms with Crippen molar-refractivity contribution >= 4 is 17.7 Å². The summed E-state index contributed by atoms with van der Waals surface area (Å²) >= 11 is 1.74. The second-order valence-electron chi connectivity index (χ2n) is 8.09. The number of nitriles is 1. The lowest BCUT2D eigenvalue weighted by molar-refractivity contribution is 0.0950. The number of hydrogen-bond donors (Lipinski definition) is 1. The summed E-state index contributed by atoms with van der Waals surface area (Å²) in [5.41, 5.74) is 5.31. The van der Waals surface area contributed by atoms with Crippen molar-refractivity contribution in [3.63, 3.8) is 0 Å². The predicted octanol–water partition coefficient (Wildman–Crippen LogP) is 5.32. The Morgan fingerprint density at radius 1 is 1.09 bits per heavy atom. The quantitative estimate of drug-likeness (QED) is 0.468. The number of fused-ring (bicyclic) bond motifs is 1. The molecule has 3 heterocycles. The minimum Gasteiger partial charge on any atom is -0.346 e. The second-order valence-corrected chi connectivity index (χ2v) is 9.43. The van der Waals surface area contributed by atoms with Crippen LogP contribution in [0.3, 0.4) is 0 Å². The van der Waals surface area contributed by atoms with E-state index in [1.54, 1.807) is 18.0 Å². The smallest absolute Gasteiger partial charge is 0.253 e. The Morgan fingerprint density at radius 3 is 2.50 bits per heavy atom. The molecule has 176 valence electrons. The Hall–Kier alpha value is -3.21. The number of nitrogens with zero attached hydrogens (tertiary/aromatic N) is 4. The van der Waals surface area contributed by atoms with E-state index >= 15 is 0 Å². The molecule has 0 saturated carbocycles. The van der Waals surface area contributed by atoms with E-state index in [2.05, 4.69) is 47.0 Å². The maximum absolute atomic E-state index is 12.6. The molecule has 4 rings (SSSR count). The summed E-state index contributed by atoms with van der Waals surface area (Å²) in [6, 6.07) is 15.7. The van der Waals surface area contributed by atoms with Crippen molar-refractivity contribution in [2.24, 2.45) is 0 Å². The average Bonchev–Trinajstić information content (AvgIpc) is 3.26. The summed E-state index contributed by atoms with van der Waals surface area (Å²) in [4.78, 5) is 24.9. The zero-order valence-electron chi connectivity index (χ0n) is 20.0. The standard InChI is InChI=1S/C24H23N5OS.C3H8/c1-2-31-22-8-7-21(26-13-22)12-28-24(30)19-9-20-15-29(16-23(20)27-11-19)14-18-5-3-17(10-25)4-6-18;1-3-2/h3-9,11,13H,2,12,14-16H2,1H3,(H,28,30);3H2,1-2H3. The van der Waals surface area contributed by atoms with Gasteiger partial charge >= 0.3 is 0 Å². The van der Waals surface area contributed by atoms with Crippen LogP contribution in [0.15, 0.2) is 59.8 Å². The predicted molar refractivity (Wildman–Crippen MR) is 136 cm³/mol. The zero-order valence-corrected chi connectivity index (χ0v) is 20.9. The molecule has 0 radical (unpaired) electrons. The number of carbonyl (C=O) groups is 1. The Labute approximate surface area is 206 Å². The van der Waals surface area contributed by atoms with Gasteiger partial charge in [0.2, 0.25) is 0 Å². The van der Waals surface area contributed by atoms with Crippen molar-refractivity contribution in [3.8, 4) is 6.07 Å². The fourth-order valence-electron chi connectivity index (χ4n) is 3.55. The molecule has 34 heavy (non-hydrogen) atoms. The van der Waals surface area contributed by atoms with Crippen LogP contribution in [0, 0.1) is 11.3 Å². The summed E-state index contributed by atoms with van der Waals surface area (Å²) in [6.45, 7) is 9.03. The normalized spacial score (nSPS) is 12.3. The third kappa shape index (κ3) is 7.14. The van der Waals surface area contributed by atoms with Crippen LogP contribution in [0.5, 0.6) is 0 Å². The minimum atomic E-state index is -0.144. The topological polar surface area (TPSA) is 81.9 Å². The molecular weight excluding hydrogens is 442 g/mol. The molecule has 0 spiro atoms. The molecule has 1 amide bonds. The summed E-state index contributed by atoms with van der Waals surface area (Å²) in [7, 11) is 0. The monoisotopic (exact) mass is 473 g/mol. The molecule has 1 N–H and O–H groups in total. The molecule has 1 aliphatic heterocycles. The van der Waals surface area contributed by atoms with Crippen LogP contribution >= 0.6 is 11.8 Å². The van der Waals surface area contributed by atoms with E-state index in [1.807, 2.05) is 48.7 Å². The van der Waals surface area contributed by atoms with E-state index in [-0.39, 0.29) is 5.91 Å². The Bertz CT molecular complexity index is 1120. The summed E-state index contributed by atoms with van der Waals surface area (Å²) in [5, 5.41) is 11.9. The lowest BCUT2D eigenvalue weighted by atomic mass is 10.1. The van der Waals surface area contributed by atoms with Gasteiger partial charge in [0.05, 0.1) is 35.1 Å². The highest BCUT2D eigenvalue weighted by Gasteiger charge is 2.22. The van der Waals surface area contributed by atoms with Gasteiger partial charge in [0, 0.05) is 36.9 Å². The molecule has 3 aromatic rings. The molecule has 0 aliphatic carbocycles. The van der Waals surface area contributed by atoms with Crippen molar-refractivity contribution in [2.75, 3.05) is 5.75 Å². The molecule has 6 nitrogen and oxygen atoms in total. The first-order valence-corrected chi connectivity index (χ1v) is 12.6. The molecular formula is C27H31N5OS. The number of amides is 1. The number of hydrogen-bond acceptors (Lipinski definition) is 6. The fourth-order valence-corrected chi connectivity index (χ4v) is 4.17. The number of rotatable bonds is 7. The summed E-state index contributed by atoms with van der Waals surface area (Å²) in [5.74, 6) is 0.864. The molecule has 0 atom stereocenters. The van der Waals surface area contributed by atoms with E-state index in [0.717, 1.165) is 52.8 Å². The molecule has 7 heteroatoms. The Kier molecular flexibility index (Phi) is 9.62. The molecule has 0 unspecified atom stereocenters. The highest BCUT2D eigenvalue weighted by molar-refractivity contribution is 7.99. The third-order valence-corrected chi connectivity index (χ3v) is 5.98. The lowest BCUT2D eigenvalue weighted by Gasteiger charge is -2.14. The van der Waals surface area contributed by atoms with Gasteiger partial charge in [0.1, 0.15) is 0 Å². The maximum Gasteiger partial charge on any atom is 0.253 e. The van der Waals surface area contributed by atoms with Crippen LogP contribution in [-0.4, -0.2) is 26.5 Å². The van der Waals surface area contributed by atoms with Gasteiger partial charge in [-0.3, -0.25) is 19.7 Å². The molecule has 0 bridgehead atoms. The largest absolute Gasteiger partial charge is 0.346 e. The second kappa shape index (κ2) is 12.9. The van der Waals surface area contributed by atoms with E-state index in [9.17, 15) is 4.79 Å². The van der Waals surface area contributed by atoms with Crippen LogP contribution in [0.25, 0.3) is 0 Å². The first-order valence-electron chi connectivity index (χ1n) is 11.6. The number of nitrogens with one attached hydrogen (secondary N) is 1. The van der Waals surface area contributed by atoms with Gasteiger partial charge in [-0.25, -0.2) is 0 Å². The highest BCUT2D eigenvalue weighted by atomic mass is 32.2. The number of pyridine rings is 2. The highest BCUT2D eigenvalue weighted by Crippen LogP contribution is 2.24. The number of aromatic nitrogens is 2. The Morgan fingerprint density at radius 2 is 1.85 bits per heavy atom. The van der Waals surface area contributed by atoms with E-state index < -0.39 is 0 Å². The minimum absolute atomic E-state index is 0.144. The fraction of sp³-hybridized carbons (Fsp3) is 0.333. The van der Waals surface area contributed by atoms with Gasteiger partial charge in [-0.15, -0.1) is 11.8 Å². The van der Waals surface area contributed by atoms with Crippen molar-refractivity contribution < 1.29 is 4.79 Å². The van der Waals surface area contributed by atoms with Crippen molar-refractivity contribution in [1.82, 2.24) is 20.2 Å². The number of thioether (sulfide) groups is 1. The first-order chi connectivity index (χ1) is 16.6. The van der Waals surface area contributed by atoms with Gasteiger partial charge in [-0.2, -0.15) is 5.26 Å². The van der Waals surface area contributed by atoms with Crippen LogP contribution in [0.2, 0.25) is 0 Å². The number of carbonyl (C=O) groups excluding carboxylic acids is 1. The zero-order chi connectivity index (χ0) is 24.3. The van der Waals surface area contributed by atoms with Gasteiger partial charge in [-0.1, -0.05) is 39.3 Å². The van der Waals surface area contributed by atoms with Crippen LogP contribution in [0.4, 0.5) is 0 Å². The number of benzene rings is 1. The van der Waals surface area contributed by atoms with Crippen LogP contribution < -0.4 is 5.32 Å². The Balaban J connectivity index is 0.00000103. The average molecular weight is 474 g/mol. The van der Waals surface area contributed by atoms with Crippen LogP contribution in [0.1, 0.15) is 65.6 Å². The van der Waals surface area contributed by atoms with Crippen LogP contribution in [-0.2, 0) is 26.2 Å². The van der Waals surface area contributed by atoms with E-state index in [4.69, 9.17) is 5.26 Å². The molecule has 1 aromatic carbocycles. The van der Waals surface area contributed by atoms with Crippen molar-refractivity contribution in [3.05, 3.63) is 88.5 Å². The van der Waals surface area contributed by atoms with Gasteiger partial charge < -0.3 is 5.32 Å². The molecule has 0 saturated heterocycles. The van der Waals surface area contributed by atoms with Crippen molar-refractivity contribution in [2.45, 2.75) is 58.3 Å².